The Labute approximate surface area is 119 Å². The third kappa shape index (κ3) is 3.52. The molecule has 1 N–H and O–H groups in total. The fourth-order valence-corrected chi connectivity index (χ4v) is 4.24. The Hall–Kier alpha value is -0.0800. The van der Waals surface area contributed by atoms with Crippen LogP contribution in [0, 0.1) is 17.8 Å². The van der Waals surface area contributed by atoms with Crippen LogP contribution in [-0.4, -0.2) is 36.6 Å². The van der Waals surface area contributed by atoms with Crippen molar-refractivity contribution in [3.8, 4) is 0 Å². The first-order chi connectivity index (χ1) is 9.24. The molecule has 2 heteroatoms. The van der Waals surface area contributed by atoms with E-state index in [1.54, 1.807) is 0 Å². The van der Waals surface area contributed by atoms with E-state index < -0.39 is 0 Å². The minimum absolute atomic E-state index is 0.737. The molecule has 3 unspecified atom stereocenters. The van der Waals surface area contributed by atoms with Crippen molar-refractivity contribution in [3.63, 3.8) is 0 Å². The van der Waals surface area contributed by atoms with Crippen molar-refractivity contribution in [3.05, 3.63) is 0 Å². The van der Waals surface area contributed by atoms with E-state index in [2.05, 4.69) is 24.1 Å². The van der Waals surface area contributed by atoms with Crippen molar-refractivity contribution in [2.24, 2.45) is 17.8 Å². The van der Waals surface area contributed by atoms with Gasteiger partial charge in [0.2, 0.25) is 0 Å². The fourth-order valence-electron chi connectivity index (χ4n) is 4.24. The lowest BCUT2D eigenvalue weighted by Crippen LogP contribution is -2.58. The molecule has 3 fully saturated rings. The van der Waals surface area contributed by atoms with Crippen molar-refractivity contribution in [2.75, 3.05) is 19.6 Å². The number of nitrogens with one attached hydrogen (secondary N) is 1. The van der Waals surface area contributed by atoms with Gasteiger partial charge in [-0.25, -0.2) is 0 Å². The molecule has 2 nitrogen and oxygen atoms in total. The maximum Gasteiger partial charge on any atom is 0.0224 e. The van der Waals surface area contributed by atoms with Crippen LogP contribution < -0.4 is 5.32 Å². The van der Waals surface area contributed by atoms with E-state index in [1.165, 1.54) is 64.6 Å². The molecule has 2 aliphatic carbocycles. The average molecular weight is 264 g/mol. The van der Waals surface area contributed by atoms with Crippen LogP contribution in [0.2, 0.25) is 0 Å². The van der Waals surface area contributed by atoms with Crippen LogP contribution in [0.5, 0.6) is 0 Å². The summed E-state index contributed by atoms with van der Waals surface area (Å²) in [7, 11) is 0. The van der Waals surface area contributed by atoms with Crippen LogP contribution in [0.4, 0.5) is 0 Å². The van der Waals surface area contributed by atoms with Gasteiger partial charge in [-0.1, -0.05) is 26.2 Å². The molecular formula is C17H32N2. The summed E-state index contributed by atoms with van der Waals surface area (Å²) in [4.78, 5) is 2.79. The lowest BCUT2D eigenvalue weighted by Gasteiger charge is -2.43. The molecule has 0 bridgehead atoms. The van der Waals surface area contributed by atoms with Gasteiger partial charge in [0.05, 0.1) is 0 Å². The van der Waals surface area contributed by atoms with Crippen molar-refractivity contribution in [1.29, 1.82) is 0 Å². The highest BCUT2D eigenvalue weighted by Crippen LogP contribution is 2.37. The monoisotopic (exact) mass is 264 g/mol. The molecule has 1 aliphatic heterocycles. The lowest BCUT2D eigenvalue weighted by atomic mass is 9.82. The van der Waals surface area contributed by atoms with E-state index in [4.69, 9.17) is 0 Å². The van der Waals surface area contributed by atoms with E-state index in [-0.39, 0.29) is 0 Å². The first-order valence-electron chi connectivity index (χ1n) is 8.71. The second-order valence-corrected chi connectivity index (χ2v) is 7.53. The van der Waals surface area contributed by atoms with Crippen molar-refractivity contribution in [2.45, 2.75) is 70.9 Å². The second-order valence-electron chi connectivity index (χ2n) is 7.53. The van der Waals surface area contributed by atoms with Gasteiger partial charge in [-0.3, -0.25) is 4.90 Å². The molecule has 0 aromatic carbocycles. The molecule has 0 aromatic rings. The van der Waals surface area contributed by atoms with Gasteiger partial charge in [-0.05, 0) is 50.4 Å². The maximum absolute atomic E-state index is 3.84. The van der Waals surface area contributed by atoms with E-state index in [9.17, 15) is 0 Å². The zero-order chi connectivity index (χ0) is 13.2. The summed E-state index contributed by atoms with van der Waals surface area (Å²) in [6.45, 7) is 8.74. The number of rotatable bonds is 4. The molecule has 19 heavy (non-hydrogen) atoms. The van der Waals surface area contributed by atoms with Crippen LogP contribution in [0.1, 0.15) is 58.8 Å². The summed E-state index contributed by atoms with van der Waals surface area (Å²) in [5.74, 6) is 2.93. The average Bonchev–Trinajstić information content (AvgIpc) is 3.27. The first-order valence-corrected chi connectivity index (χ1v) is 8.71. The maximum atomic E-state index is 3.84. The largest absolute Gasteiger partial charge is 0.311 e. The van der Waals surface area contributed by atoms with Crippen LogP contribution in [0.15, 0.2) is 0 Å². The predicted octanol–water partition coefficient (Wildman–Crippen LogP) is 3.28. The Morgan fingerprint density at radius 1 is 1.11 bits per heavy atom. The third-order valence-electron chi connectivity index (χ3n) is 5.90. The van der Waals surface area contributed by atoms with Gasteiger partial charge in [0.1, 0.15) is 0 Å². The molecule has 0 aromatic heterocycles. The van der Waals surface area contributed by atoms with E-state index >= 15 is 0 Å². The van der Waals surface area contributed by atoms with Gasteiger partial charge >= 0.3 is 0 Å². The number of hydrogen-bond acceptors (Lipinski definition) is 2. The topological polar surface area (TPSA) is 15.3 Å². The summed E-state index contributed by atoms with van der Waals surface area (Å²) in [5.41, 5.74) is 0. The quantitative estimate of drug-likeness (QED) is 0.838. The lowest BCUT2D eigenvalue weighted by molar-refractivity contribution is 0.0883. The molecule has 0 amide bonds. The standard InChI is InChI=1S/C17H32N2/c1-13(15-8-9-15)11-19-12-17(18-10-14(19)2)16-6-4-3-5-7-16/h13-18H,3-12H2,1-2H3. The zero-order valence-corrected chi connectivity index (χ0v) is 12.9. The van der Waals surface area contributed by atoms with Gasteiger partial charge < -0.3 is 5.32 Å². The van der Waals surface area contributed by atoms with Crippen LogP contribution >= 0.6 is 0 Å². The summed E-state index contributed by atoms with van der Waals surface area (Å²) in [6, 6.07) is 1.52. The highest BCUT2D eigenvalue weighted by atomic mass is 15.2. The molecule has 2 saturated carbocycles. The highest BCUT2D eigenvalue weighted by Gasteiger charge is 2.34. The molecule has 3 atom stereocenters. The molecule has 1 saturated heterocycles. The molecule has 1 heterocycles. The molecule has 110 valence electrons. The van der Waals surface area contributed by atoms with Gasteiger partial charge in [-0.15, -0.1) is 0 Å². The number of piperazine rings is 1. The van der Waals surface area contributed by atoms with E-state index in [0.29, 0.717) is 0 Å². The van der Waals surface area contributed by atoms with Crippen LogP contribution in [0.25, 0.3) is 0 Å². The highest BCUT2D eigenvalue weighted by molar-refractivity contribution is 4.91. The smallest absolute Gasteiger partial charge is 0.0224 e. The molecule has 3 aliphatic rings. The van der Waals surface area contributed by atoms with E-state index in [0.717, 1.165) is 29.8 Å². The minimum atomic E-state index is 0.737. The number of hydrogen-bond donors (Lipinski definition) is 1. The third-order valence-corrected chi connectivity index (χ3v) is 5.90. The summed E-state index contributed by atoms with van der Waals surface area (Å²) < 4.78 is 0. The van der Waals surface area contributed by atoms with Crippen molar-refractivity contribution in [1.82, 2.24) is 10.2 Å². The van der Waals surface area contributed by atoms with Gasteiger partial charge in [-0.2, -0.15) is 0 Å². The summed E-state index contributed by atoms with van der Waals surface area (Å²) in [5, 5.41) is 3.84. The van der Waals surface area contributed by atoms with Gasteiger partial charge in [0.25, 0.3) is 0 Å². The normalized spacial score (nSPS) is 36.3. The Balaban J connectivity index is 1.53. The molecule has 3 rings (SSSR count). The van der Waals surface area contributed by atoms with Crippen molar-refractivity contribution < 1.29 is 0 Å². The second kappa shape index (κ2) is 6.13. The molecule has 0 spiro atoms. The SMILES string of the molecule is CC(CN1CC(C2CCCCC2)NCC1C)C1CC1. The van der Waals surface area contributed by atoms with Crippen LogP contribution in [0.3, 0.4) is 0 Å². The van der Waals surface area contributed by atoms with Gasteiger partial charge in [0.15, 0.2) is 0 Å². The summed E-state index contributed by atoms with van der Waals surface area (Å²) in [6.07, 6.45) is 10.3. The fraction of sp³-hybridized carbons (Fsp3) is 1.00. The summed E-state index contributed by atoms with van der Waals surface area (Å²) >= 11 is 0. The van der Waals surface area contributed by atoms with E-state index in [1.807, 2.05) is 0 Å². The van der Waals surface area contributed by atoms with Crippen LogP contribution in [-0.2, 0) is 0 Å². The predicted molar refractivity (Wildman–Crippen MR) is 81.3 cm³/mol. The zero-order valence-electron chi connectivity index (χ0n) is 12.9. The Morgan fingerprint density at radius 2 is 1.84 bits per heavy atom. The molecule has 0 radical (unpaired) electrons. The first kappa shape index (κ1) is 13.9. The minimum Gasteiger partial charge on any atom is -0.311 e. The molecular weight excluding hydrogens is 232 g/mol. The number of nitrogens with zero attached hydrogens (tertiary/aromatic N) is 1. The Morgan fingerprint density at radius 3 is 2.53 bits per heavy atom. The van der Waals surface area contributed by atoms with Crippen molar-refractivity contribution >= 4 is 0 Å². The Kier molecular flexibility index (Phi) is 4.48. The Bertz CT molecular complexity index is 281. The van der Waals surface area contributed by atoms with Gasteiger partial charge in [0, 0.05) is 31.7 Å².